The van der Waals surface area contributed by atoms with Crippen LogP contribution in [0.3, 0.4) is 0 Å². The molecule has 0 bridgehead atoms. The molecule has 2 fully saturated rings. The molecule has 1 spiro atoms. The first-order chi connectivity index (χ1) is 18.7. The number of carbonyl (C=O) groups is 3. The van der Waals surface area contributed by atoms with E-state index in [0.29, 0.717) is 37.2 Å². The highest BCUT2D eigenvalue weighted by atomic mass is 16.5. The third-order valence-electron chi connectivity index (χ3n) is 8.77. The van der Waals surface area contributed by atoms with Crippen molar-refractivity contribution in [1.82, 2.24) is 10.2 Å². The summed E-state index contributed by atoms with van der Waals surface area (Å²) in [5, 5.41) is 12.4. The zero-order valence-electron chi connectivity index (χ0n) is 22.8. The van der Waals surface area contributed by atoms with Crippen LogP contribution < -0.4 is 15.0 Å². The monoisotopic (exact) mass is 535 g/mol. The molecule has 9 nitrogen and oxygen atoms in total. The van der Waals surface area contributed by atoms with Crippen LogP contribution in [0.5, 0.6) is 5.75 Å². The summed E-state index contributed by atoms with van der Waals surface area (Å²) in [5.74, 6) is 0.686. The highest BCUT2D eigenvalue weighted by Crippen LogP contribution is 2.61. The number of anilines is 1. The van der Waals surface area contributed by atoms with Crippen LogP contribution in [0.25, 0.3) is 0 Å². The summed E-state index contributed by atoms with van der Waals surface area (Å²) in [4.78, 5) is 42.7. The second kappa shape index (κ2) is 10.5. The van der Waals surface area contributed by atoms with Gasteiger partial charge < -0.3 is 29.7 Å². The van der Waals surface area contributed by atoms with E-state index < -0.39 is 17.6 Å². The van der Waals surface area contributed by atoms with E-state index in [2.05, 4.69) is 11.4 Å². The van der Waals surface area contributed by atoms with Crippen molar-refractivity contribution >= 4 is 23.6 Å². The number of rotatable bonds is 7. The van der Waals surface area contributed by atoms with Crippen molar-refractivity contribution in [3.63, 3.8) is 0 Å². The second-order valence-electron chi connectivity index (χ2n) is 11.2. The lowest BCUT2D eigenvalue weighted by Crippen LogP contribution is -2.50. The van der Waals surface area contributed by atoms with Gasteiger partial charge in [0.25, 0.3) is 0 Å². The minimum Gasteiger partial charge on any atom is -0.493 e. The number of aliphatic hydroxyl groups excluding tert-OH is 1. The maximum absolute atomic E-state index is 13.7. The first-order valence-corrected chi connectivity index (χ1v) is 13.6. The second-order valence-corrected chi connectivity index (χ2v) is 11.2. The van der Waals surface area contributed by atoms with Crippen molar-refractivity contribution in [2.24, 2.45) is 5.41 Å². The molecule has 1 aliphatic carbocycles. The maximum atomic E-state index is 13.7. The van der Waals surface area contributed by atoms with Crippen LogP contribution in [0.4, 0.5) is 10.5 Å². The Morgan fingerprint density at radius 3 is 2.67 bits per heavy atom. The number of nitrogens with zero attached hydrogens (tertiary/aromatic N) is 2. The summed E-state index contributed by atoms with van der Waals surface area (Å²) < 4.78 is 10.9. The summed E-state index contributed by atoms with van der Waals surface area (Å²) >= 11 is 0. The molecule has 1 saturated heterocycles. The third kappa shape index (κ3) is 4.95. The molecule has 2 aliphatic heterocycles. The van der Waals surface area contributed by atoms with Gasteiger partial charge in [0.2, 0.25) is 11.8 Å². The van der Waals surface area contributed by atoms with Crippen molar-refractivity contribution in [3.8, 4) is 5.75 Å². The van der Waals surface area contributed by atoms with E-state index in [-0.39, 0.29) is 36.3 Å². The van der Waals surface area contributed by atoms with Gasteiger partial charge in [-0.05, 0) is 55.5 Å². The number of benzene rings is 2. The average Bonchev–Trinajstić information content (AvgIpc) is 3.59. The van der Waals surface area contributed by atoms with E-state index in [4.69, 9.17) is 9.47 Å². The first-order valence-electron chi connectivity index (χ1n) is 13.6. The Morgan fingerprint density at radius 2 is 1.95 bits per heavy atom. The number of likely N-dealkylation sites (tertiary alicyclic amines) is 1. The number of fused-ring (bicyclic) bond motifs is 1. The van der Waals surface area contributed by atoms with Gasteiger partial charge in [0, 0.05) is 49.6 Å². The maximum Gasteiger partial charge on any atom is 0.409 e. The zero-order valence-corrected chi connectivity index (χ0v) is 22.8. The molecule has 2 aromatic rings. The van der Waals surface area contributed by atoms with Gasteiger partial charge in [-0.25, -0.2) is 4.79 Å². The summed E-state index contributed by atoms with van der Waals surface area (Å²) in [6.45, 7) is 2.67. The molecule has 3 amide bonds. The van der Waals surface area contributed by atoms with Crippen molar-refractivity contribution < 1.29 is 29.0 Å². The van der Waals surface area contributed by atoms with Gasteiger partial charge in [-0.15, -0.1) is 0 Å². The smallest absolute Gasteiger partial charge is 0.409 e. The molecule has 2 N–H and O–H groups in total. The number of para-hydroxylation sites is 1. The molecule has 0 aromatic heterocycles. The van der Waals surface area contributed by atoms with E-state index in [9.17, 15) is 19.5 Å². The molecular weight excluding hydrogens is 498 g/mol. The van der Waals surface area contributed by atoms with Crippen LogP contribution >= 0.6 is 0 Å². The van der Waals surface area contributed by atoms with Crippen molar-refractivity contribution in [3.05, 3.63) is 59.7 Å². The summed E-state index contributed by atoms with van der Waals surface area (Å²) in [7, 11) is 3.09. The largest absolute Gasteiger partial charge is 0.493 e. The molecule has 208 valence electrons. The van der Waals surface area contributed by atoms with Gasteiger partial charge in [-0.2, -0.15) is 0 Å². The van der Waals surface area contributed by atoms with Gasteiger partial charge in [0.15, 0.2) is 0 Å². The van der Waals surface area contributed by atoms with E-state index >= 15 is 0 Å². The number of nitrogens with one attached hydrogen (secondary N) is 1. The molecule has 3 atom stereocenters. The summed E-state index contributed by atoms with van der Waals surface area (Å²) in [6.07, 6.45) is 2.39. The molecular formula is C30H37N3O6. The topological polar surface area (TPSA) is 108 Å². The van der Waals surface area contributed by atoms with Crippen molar-refractivity contribution in [1.29, 1.82) is 0 Å². The van der Waals surface area contributed by atoms with Crippen LogP contribution in [-0.2, 0) is 19.7 Å². The van der Waals surface area contributed by atoms with Gasteiger partial charge in [-0.1, -0.05) is 30.3 Å². The fourth-order valence-corrected chi connectivity index (χ4v) is 6.05. The number of ether oxygens (including phenoxy) is 2. The van der Waals surface area contributed by atoms with Crippen LogP contribution in [-0.4, -0.2) is 74.4 Å². The van der Waals surface area contributed by atoms with Crippen molar-refractivity contribution in [2.45, 2.75) is 50.0 Å². The van der Waals surface area contributed by atoms with E-state index in [0.717, 1.165) is 24.2 Å². The average molecular weight is 536 g/mol. The summed E-state index contributed by atoms with van der Waals surface area (Å²) in [5.41, 5.74) is 1.49. The van der Waals surface area contributed by atoms with Crippen LogP contribution in [0.1, 0.15) is 49.7 Å². The van der Waals surface area contributed by atoms with Gasteiger partial charge in [-0.3, -0.25) is 9.59 Å². The van der Waals surface area contributed by atoms with Crippen molar-refractivity contribution in [2.75, 3.05) is 45.4 Å². The molecule has 2 aromatic carbocycles. The fraction of sp³-hybridized carbons (Fsp3) is 0.500. The molecule has 2 heterocycles. The zero-order chi connectivity index (χ0) is 27.8. The number of hydrogen-bond acceptors (Lipinski definition) is 6. The number of hydrogen-bond donors (Lipinski definition) is 2. The predicted octanol–water partition coefficient (Wildman–Crippen LogP) is 3.20. The van der Waals surface area contributed by atoms with Crippen LogP contribution in [0, 0.1) is 5.41 Å². The highest BCUT2D eigenvalue weighted by Gasteiger charge is 2.54. The molecule has 5 rings (SSSR count). The standard InChI is InChI=1S/C30H37N3O6/c1-20(17-34)31-27(36)30(13-14-33(18-30)28(37)38-3)21-7-6-8-22(15-21)32(2)26(35)16-24-23-9-4-5-10-25(23)39-19-29(24)11-12-29/h4-10,15,20,24,34H,11-14,16-19H2,1-3H3,(H,31,36)/t20-,24?,30?/m1/s1. The quantitative estimate of drug-likeness (QED) is 0.564. The Morgan fingerprint density at radius 1 is 1.18 bits per heavy atom. The fourth-order valence-electron chi connectivity index (χ4n) is 6.05. The summed E-state index contributed by atoms with van der Waals surface area (Å²) in [6, 6.07) is 15.0. The minimum atomic E-state index is -1.03. The molecule has 1 saturated carbocycles. The lowest BCUT2D eigenvalue weighted by atomic mass is 9.78. The molecule has 3 aliphatic rings. The molecule has 9 heteroatoms. The number of amides is 3. The normalized spacial score (nSPS) is 23.4. The Balaban J connectivity index is 1.40. The molecule has 39 heavy (non-hydrogen) atoms. The number of carbonyl (C=O) groups excluding carboxylic acids is 3. The Hall–Kier alpha value is -3.59. The Kier molecular flexibility index (Phi) is 7.29. The van der Waals surface area contributed by atoms with Gasteiger partial charge in [0.1, 0.15) is 5.75 Å². The molecule has 2 unspecified atom stereocenters. The third-order valence-corrected chi connectivity index (χ3v) is 8.77. The van der Waals surface area contributed by atoms with E-state index in [1.165, 1.54) is 12.0 Å². The Labute approximate surface area is 229 Å². The SMILES string of the molecule is COC(=O)N1CCC(C(=O)N[C@H](C)CO)(c2cccc(N(C)C(=O)CC3c4ccccc4OCC34CC4)c2)C1. The number of methoxy groups -OCH3 is 1. The number of aliphatic hydroxyl groups is 1. The Bertz CT molecular complexity index is 1260. The van der Waals surface area contributed by atoms with Gasteiger partial charge in [0.05, 0.1) is 25.7 Å². The van der Waals surface area contributed by atoms with Crippen LogP contribution in [0.2, 0.25) is 0 Å². The lowest BCUT2D eigenvalue weighted by molar-refractivity contribution is -0.127. The lowest BCUT2D eigenvalue weighted by Gasteiger charge is -2.35. The molecule has 0 radical (unpaired) electrons. The first kappa shape index (κ1) is 27.0. The van der Waals surface area contributed by atoms with E-state index in [1.807, 2.05) is 42.5 Å². The minimum absolute atomic E-state index is 0.00450. The predicted molar refractivity (Wildman–Crippen MR) is 146 cm³/mol. The van der Waals surface area contributed by atoms with Gasteiger partial charge >= 0.3 is 6.09 Å². The van der Waals surface area contributed by atoms with Crippen LogP contribution in [0.15, 0.2) is 48.5 Å². The highest BCUT2D eigenvalue weighted by molar-refractivity contribution is 5.95. The van der Waals surface area contributed by atoms with E-state index in [1.54, 1.807) is 18.9 Å².